The molecule has 0 aliphatic rings. The number of anilines is 1. The number of nitrogens with one attached hydrogen (secondary N) is 1. The molecule has 2 aromatic carbocycles. The number of hydrogen-bond acceptors (Lipinski definition) is 3. The monoisotopic (exact) mass is 274 g/mol. The molecule has 20 heavy (non-hydrogen) atoms. The minimum absolute atomic E-state index is 0.0810. The molecule has 0 bridgehead atoms. The van der Waals surface area contributed by atoms with Gasteiger partial charge in [0.05, 0.1) is 5.69 Å². The van der Waals surface area contributed by atoms with Crippen LogP contribution in [0.2, 0.25) is 0 Å². The molecular formula is C15H15FN2O2. The number of halogens is 1. The molecule has 0 fully saturated rings. The first-order chi connectivity index (χ1) is 9.51. The van der Waals surface area contributed by atoms with Gasteiger partial charge in [-0.2, -0.15) is 0 Å². The Kier molecular flexibility index (Phi) is 4.00. The lowest BCUT2D eigenvalue weighted by molar-refractivity contribution is 0.102. The Hall–Kier alpha value is -2.40. The molecular weight excluding hydrogens is 259 g/mol. The Morgan fingerprint density at radius 3 is 2.65 bits per heavy atom. The second-order valence-corrected chi connectivity index (χ2v) is 4.47. The summed E-state index contributed by atoms with van der Waals surface area (Å²) in [5.74, 6) is -0.878. The molecule has 0 aromatic heterocycles. The fraction of sp³-hybridized carbons (Fsp3) is 0.133. The van der Waals surface area contributed by atoms with Gasteiger partial charge in [0.25, 0.3) is 5.91 Å². The smallest absolute Gasteiger partial charge is 0.256 e. The highest BCUT2D eigenvalue weighted by molar-refractivity contribution is 6.05. The molecule has 0 spiro atoms. The van der Waals surface area contributed by atoms with Gasteiger partial charge >= 0.3 is 0 Å². The van der Waals surface area contributed by atoms with Crippen LogP contribution in [0.15, 0.2) is 36.4 Å². The van der Waals surface area contributed by atoms with E-state index in [0.717, 1.165) is 0 Å². The van der Waals surface area contributed by atoms with E-state index < -0.39 is 11.7 Å². The summed E-state index contributed by atoms with van der Waals surface area (Å²) in [4.78, 5) is 12.1. The van der Waals surface area contributed by atoms with Crippen LogP contribution in [0.5, 0.6) is 5.75 Å². The second kappa shape index (κ2) is 5.71. The van der Waals surface area contributed by atoms with Crippen molar-refractivity contribution in [1.29, 1.82) is 0 Å². The van der Waals surface area contributed by atoms with Crippen molar-refractivity contribution in [3.05, 3.63) is 58.9 Å². The topological polar surface area (TPSA) is 75.3 Å². The molecule has 104 valence electrons. The molecule has 0 heterocycles. The van der Waals surface area contributed by atoms with E-state index in [9.17, 15) is 14.3 Å². The Bertz CT molecular complexity index is 656. The first kappa shape index (κ1) is 14.0. The number of benzene rings is 2. The van der Waals surface area contributed by atoms with Crippen LogP contribution in [0.1, 0.15) is 21.5 Å². The molecule has 2 rings (SSSR count). The number of hydrogen-bond donors (Lipinski definition) is 3. The Morgan fingerprint density at radius 2 is 2.05 bits per heavy atom. The SMILES string of the molecule is Cc1cc(O)ccc1C(=O)Nc1ccc(CN)cc1F. The minimum Gasteiger partial charge on any atom is -0.508 e. The lowest BCUT2D eigenvalue weighted by Gasteiger charge is -2.09. The number of carbonyl (C=O) groups excluding carboxylic acids is 1. The zero-order chi connectivity index (χ0) is 14.7. The van der Waals surface area contributed by atoms with Crippen molar-refractivity contribution >= 4 is 11.6 Å². The van der Waals surface area contributed by atoms with Crippen molar-refractivity contribution in [2.45, 2.75) is 13.5 Å². The number of amides is 1. The first-order valence-electron chi connectivity index (χ1n) is 6.10. The summed E-state index contributed by atoms with van der Waals surface area (Å²) in [6.45, 7) is 1.94. The van der Waals surface area contributed by atoms with Crippen molar-refractivity contribution in [1.82, 2.24) is 0 Å². The molecule has 2 aromatic rings. The molecule has 4 N–H and O–H groups in total. The van der Waals surface area contributed by atoms with Crippen molar-refractivity contribution in [2.75, 3.05) is 5.32 Å². The van der Waals surface area contributed by atoms with Crippen LogP contribution >= 0.6 is 0 Å². The third-order valence-electron chi connectivity index (χ3n) is 2.97. The zero-order valence-electron chi connectivity index (χ0n) is 11.0. The van der Waals surface area contributed by atoms with Crippen LogP contribution in [0.4, 0.5) is 10.1 Å². The highest BCUT2D eigenvalue weighted by atomic mass is 19.1. The Balaban J connectivity index is 2.23. The normalized spacial score (nSPS) is 10.3. The lowest BCUT2D eigenvalue weighted by Crippen LogP contribution is -2.14. The van der Waals surface area contributed by atoms with Crippen molar-refractivity contribution < 1.29 is 14.3 Å². The van der Waals surface area contributed by atoms with Crippen molar-refractivity contribution in [3.8, 4) is 5.75 Å². The van der Waals surface area contributed by atoms with E-state index in [-0.39, 0.29) is 18.0 Å². The number of carbonyl (C=O) groups is 1. The molecule has 0 saturated heterocycles. The fourth-order valence-electron chi connectivity index (χ4n) is 1.88. The molecule has 0 unspecified atom stereocenters. The van der Waals surface area contributed by atoms with Gasteiger partial charge in [0.15, 0.2) is 0 Å². The molecule has 0 saturated carbocycles. The highest BCUT2D eigenvalue weighted by Gasteiger charge is 2.12. The van der Waals surface area contributed by atoms with Crippen molar-refractivity contribution in [2.24, 2.45) is 5.73 Å². The summed E-state index contributed by atoms with van der Waals surface area (Å²) in [6, 6.07) is 8.80. The molecule has 0 aliphatic heterocycles. The number of aromatic hydroxyl groups is 1. The van der Waals surface area contributed by atoms with Crippen LogP contribution in [0, 0.1) is 12.7 Å². The predicted molar refractivity (Wildman–Crippen MR) is 75.1 cm³/mol. The molecule has 1 amide bonds. The van der Waals surface area contributed by atoms with E-state index in [1.54, 1.807) is 13.0 Å². The molecule has 0 atom stereocenters. The van der Waals surface area contributed by atoms with Crippen molar-refractivity contribution in [3.63, 3.8) is 0 Å². The quantitative estimate of drug-likeness (QED) is 0.805. The summed E-state index contributed by atoms with van der Waals surface area (Å²) >= 11 is 0. The molecule has 5 heteroatoms. The zero-order valence-corrected chi connectivity index (χ0v) is 11.0. The number of rotatable bonds is 3. The van der Waals surface area contributed by atoms with Gasteiger partial charge in [0.1, 0.15) is 11.6 Å². The fourth-order valence-corrected chi connectivity index (χ4v) is 1.88. The van der Waals surface area contributed by atoms with Crippen LogP contribution in [-0.2, 0) is 6.54 Å². The lowest BCUT2D eigenvalue weighted by atomic mass is 10.1. The van der Waals surface area contributed by atoms with E-state index in [0.29, 0.717) is 16.7 Å². The number of phenolic OH excluding ortho intramolecular Hbond substituents is 1. The van der Waals surface area contributed by atoms with Gasteiger partial charge in [0, 0.05) is 12.1 Å². The van der Waals surface area contributed by atoms with E-state index in [1.165, 1.54) is 30.3 Å². The van der Waals surface area contributed by atoms with Crippen LogP contribution in [-0.4, -0.2) is 11.0 Å². The van der Waals surface area contributed by atoms with Crippen LogP contribution in [0.25, 0.3) is 0 Å². The van der Waals surface area contributed by atoms with Gasteiger partial charge in [-0.3, -0.25) is 4.79 Å². The van der Waals surface area contributed by atoms with Gasteiger partial charge in [-0.25, -0.2) is 4.39 Å². The van der Waals surface area contributed by atoms with Gasteiger partial charge in [0.2, 0.25) is 0 Å². The third kappa shape index (κ3) is 2.95. The average Bonchev–Trinajstić information content (AvgIpc) is 2.40. The molecule has 0 radical (unpaired) electrons. The summed E-state index contributed by atoms with van der Waals surface area (Å²) < 4.78 is 13.8. The van der Waals surface area contributed by atoms with Crippen LogP contribution in [0.3, 0.4) is 0 Å². The van der Waals surface area contributed by atoms with Gasteiger partial charge in [-0.05, 0) is 48.4 Å². The maximum atomic E-state index is 13.8. The predicted octanol–water partition coefficient (Wildman–Crippen LogP) is 2.55. The maximum Gasteiger partial charge on any atom is 0.256 e. The minimum atomic E-state index is -0.530. The number of aryl methyl sites for hydroxylation is 1. The molecule has 0 aliphatic carbocycles. The van der Waals surface area contributed by atoms with E-state index in [1.807, 2.05) is 0 Å². The average molecular weight is 274 g/mol. The second-order valence-electron chi connectivity index (χ2n) is 4.47. The third-order valence-corrected chi connectivity index (χ3v) is 2.97. The first-order valence-corrected chi connectivity index (χ1v) is 6.10. The summed E-state index contributed by atoms with van der Waals surface area (Å²) in [5, 5.41) is 11.8. The largest absolute Gasteiger partial charge is 0.508 e. The standard InChI is InChI=1S/C15H15FN2O2/c1-9-6-11(19)3-4-12(9)15(20)18-14-5-2-10(8-17)7-13(14)16/h2-7,19H,8,17H2,1H3,(H,18,20). The van der Waals surface area contributed by atoms with E-state index >= 15 is 0 Å². The number of phenols is 1. The summed E-state index contributed by atoms with van der Waals surface area (Å²) in [5.41, 5.74) is 7.16. The summed E-state index contributed by atoms with van der Waals surface area (Å²) in [7, 11) is 0. The van der Waals surface area contributed by atoms with E-state index in [2.05, 4.69) is 5.32 Å². The Morgan fingerprint density at radius 1 is 1.30 bits per heavy atom. The summed E-state index contributed by atoms with van der Waals surface area (Å²) in [6.07, 6.45) is 0. The molecule has 4 nitrogen and oxygen atoms in total. The van der Waals surface area contributed by atoms with Gasteiger partial charge < -0.3 is 16.2 Å². The Labute approximate surface area is 116 Å². The highest BCUT2D eigenvalue weighted by Crippen LogP contribution is 2.19. The van der Waals surface area contributed by atoms with Crippen LogP contribution < -0.4 is 11.1 Å². The number of nitrogens with two attached hydrogens (primary N) is 1. The maximum absolute atomic E-state index is 13.8. The van der Waals surface area contributed by atoms with E-state index in [4.69, 9.17) is 5.73 Å². The van der Waals surface area contributed by atoms with Gasteiger partial charge in [-0.1, -0.05) is 6.07 Å². The van der Waals surface area contributed by atoms with Gasteiger partial charge in [-0.15, -0.1) is 0 Å².